The summed E-state index contributed by atoms with van der Waals surface area (Å²) < 4.78 is 18.0. The third kappa shape index (κ3) is 4.28. The third-order valence-electron chi connectivity index (χ3n) is 3.70. The molecule has 1 aromatic carbocycles. The molecule has 0 saturated carbocycles. The van der Waals surface area contributed by atoms with Crippen LogP contribution in [0.25, 0.3) is 0 Å². The first kappa shape index (κ1) is 14.9. The van der Waals surface area contributed by atoms with Crippen LogP contribution in [-0.2, 0) is 16.0 Å². The van der Waals surface area contributed by atoms with Gasteiger partial charge in [-0.15, -0.1) is 0 Å². The molecule has 1 aliphatic rings. The van der Waals surface area contributed by atoms with E-state index in [9.17, 15) is 9.18 Å². The minimum atomic E-state index is -0.466. The van der Waals surface area contributed by atoms with E-state index >= 15 is 0 Å². The molecule has 1 aliphatic heterocycles. The molecule has 0 aromatic heterocycles. The topological polar surface area (TPSA) is 64.4 Å². The summed E-state index contributed by atoms with van der Waals surface area (Å²) in [5, 5.41) is 2.84. The molecule has 0 radical (unpaired) electrons. The number of ether oxygens (including phenoxy) is 1. The van der Waals surface area contributed by atoms with Crippen LogP contribution in [0.3, 0.4) is 0 Å². The molecule has 3 N–H and O–H groups in total. The van der Waals surface area contributed by atoms with E-state index in [2.05, 4.69) is 5.32 Å². The van der Waals surface area contributed by atoms with Crippen LogP contribution in [-0.4, -0.2) is 31.7 Å². The van der Waals surface area contributed by atoms with Crippen molar-refractivity contribution in [2.24, 2.45) is 11.7 Å². The Morgan fingerprint density at radius 1 is 1.35 bits per heavy atom. The Balaban J connectivity index is 1.72. The van der Waals surface area contributed by atoms with Gasteiger partial charge in [-0.3, -0.25) is 4.79 Å². The molecular formula is C15H21FN2O2. The summed E-state index contributed by atoms with van der Waals surface area (Å²) in [7, 11) is 0. The van der Waals surface area contributed by atoms with E-state index in [0.29, 0.717) is 26.2 Å². The molecule has 20 heavy (non-hydrogen) atoms. The minimum absolute atomic E-state index is 0.112. The third-order valence-corrected chi connectivity index (χ3v) is 3.70. The predicted molar refractivity (Wildman–Crippen MR) is 74.6 cm³/mol. The number of amides is 1. The van der Waals surface area contributed by atoms with E-state index in [4.69, 9.17) is 10.5 Å². The van der Waals surface area contributed by atoms with Crippen LogP contribution in [0, 0.1) is 11.7 Å². The highest BCUT2D eigenvalue weighted by molar-refractivity contribution is 5.81. The predicted octanol–water partition coefficient (Wildman–Crippen LogP) is 1.24. The number of hydrogen-bond acceptors (Lipinski definition) is 3. The monoisotopic (exact) mass is 280 g/mol. The molecule has 110 valence electrons. The van der Waals surface area contributed by atoms with Gasteiger partial charge in [0, 0.05) is 19.8 Å². The van der Waals surface area contributed by atoms with E-state index in [1.54, 1.807) is 12.1 Å². The van der Waals surface area contributed by atoms with Gasteiger partial charge < -0.3 is 15.8 Å². The summed E-state index contributed by atoms with van der Waals surface area (Å²) >= 11 is 0. The lowest BCUT2D eigenvalue weighted by Crippen LogP contribution is -2.47. The summed E-state index contributed by atoms with van der Waals surface area (Å²) in [5.41, 5.74) is 6.97. The fourth-order valence-electron chi connectivity index (χ4n) is 2.39. The maximum atomic E-state index is 12.8. The maximum Gasteiger partial charge on any atom is 0.237 e. The summed E-state index contributed by atoms with van der Waals surface area (Å²) in [4.78, 5) is 11.9. The van der Waals surface area contributed by atoms with E-state index in [-0.39, 0.29) is 17.6 Å². The number of nitrogens with two attached hydrogens (primary N) is 1. The van der Waals surface area contributed by atoms with Crippen molar-refractivity contribution in [2.75, 3.05) is 19.8 Å². The number of rotatable bonds is 5. The average molecular weight is 280 g/mol. The molecule has 1 fully saturated rings. The molecule has 4 nitrogen and oxygen atoms in total. The Kier molecular flexibility index (Phi) is 5.49. The summed E-state index contributed by atoms with van der Waals surface area (Å²) in [5.74, 6) is -0.159. The van der Waals surface area contributed by atoms with Gasteiger partial charge in [-0.1, -0.05) is 12.1 Å². The molecule has 0 bridgehead atoms. The highest BCUT2D eigenvalue weighted by atomic mass is 19.1. The zero-order valence-electron chi connectivity index (χ0n) is 11.5. The lowest BCUT2D eigenvalue weighted by Gasteiger charge is -2.26. The van der Waals surface area contributed by atoms with Crippen LogP contribution in [0.1, 0.15) is 18.4 Å². The second kappa shape index (κ2) is 7.36. The zero-order valence-corrected chi connectivity index (χ0v) is 11.5. The lowest BCUT2D eigenvalue weighted by atomic mass is 9.92. The molecule has 1 saturated heterocycles. The average Bonchev–Trinajstić information content (AvgIpc) is 2.49. The van der Waals surface area contributed by atoms with Gasteiger partial charge >= 0.3 is 0 Å². The van der Waals surface area contributed by atoms with Crippen molar-refractivity contribution in [3.63, 3.8) is 0 Å². The first-order chi connectivity index (χ1) is 9.66. The number of benzene rings is 1. The van der Waals surface area contributed by atoms with Gasteiger partial charge in [0.2, 0.25) is 5.91 Å². The van der Waals surface area contributed by atoms with Gasteiger partial charge in [0.05, 0.1) is 6.04 Å². The lowest BCUT2D eigenvalue weighted by molar-refractivity contribution is -0.124. The SMILES string of the molecule is NC(C(=O)NCCc1ccc(F)cc1)C1CCOCC1. The number of nitrogens with one attached hydrogen (secondary N) is 1. The van der Waals surface area contributed by atoms with Crippen LogP contribution < -0.4 is 11.1 Å². The van der Waals surface area contributed by atoms with Crippen LogP contribution in [0.15, 0.2) is 24.3 Å². The molecule has 2 rings (SSSR count). The second-order valence-corrected chi connectivity index (χ2v) is 5.14. The molecule has 1 atom stereocenters. The molecule has 1 amide bonds. The molecule has 1 heterocycles. The van der Waals surface area contributed by atoms with Gasteiger partial charge in [0.25, 0.3) is 0 Å². The molecule has 1 aromatic rings. The number of carbonyl (C=O) groups excluding carboxylic acids is 1. The van der Waals surface area contributed by atoms with Crippen LogP contribution in [0.5, 0.6) is 0 Å². The van der Waals surface area contributed by atoms with E-state index in [1.807, 2.05) is 0 Å². The van der Waals surface area contributed by atoms with Gasteiger partial charge in [0.15, 0.2) is 0 Å². The van der Waals surface area contributed by atoms with Crippen molar-refractivity contribution < 1.29 is 13.9 Å². The van der Waals surface area contributed by atoms with Crippen molar-refractivity contribution in [2.45, 2.75) is 25.3 Å². The fourth-order valence-corrected chi connectivity index (χ4v) is 2.39. The van der Waals surface area contributed by atoms with E-state index in [1.165, 1.54) is 12.1 Å². The standard InChI is InChI=1S/C15H21FN2O2/c16-13-3-1-11(2-4-13)5-8-18-15(19)14(17)12-6-9-20-10-7-12/h1-4,12,14H,5-10,17H2,(H,18,19). The minimum Gasteiger partial charge on any atom is -0.381 e. The number of halogens is 1. The molecular weight excluding hydrogens is 259 g/mol. The number of hydrogen-bond donors (Lipinski definition) is 2. The van der Waals surface area contributed by atoms with Crippen LogP contribution >= 0.6 is 0 Å². The van der Waals surface area contributed by atoms with Gasteiger partial charge in [-0.2, -0.15) is 0 Å². The van der Waals surface area contributed by atoms with Crippen molar-refractivity contribution in [3.8, 4) is 0 Å². The van der Waals surface area contributed by atoms with Gasteiger partial charge in [0.1, 0.15) is 5.82 Å². The van der Waals surface area contributed by atoms with Crippen molar-refractivity contribution >= 4 is 5.91 Å². The molecule has 0 aliphatic carbocycles. The smallest absolute Gasteiger partial charge is 0.237 e. The second-order valence-electron chi connectivity index (χ2n) is 5.14. The van der Waals surface area contributed by atoms with Crippen molar-refractivity contribution in [3.05, 3.63) is 35.6 Å². The quantitative estimate of drug-likeness (QED) is 0.853. The zero-order chi connectivity index (χ0) is 14.4. The summed E-state index contributed by atoms with van der Waals surface area (Å²) in [6.07, 6.45) is 2.35. The first-order valence-corrected chi connectivity index (χ1v) is 7.02. The fraction of sp³-hybridized carbons (Fsp3) is 0.533. The summed E-state index contributed by atoms with van der Waals surface area (Å²) in [6.45, 7) is 1.88. The molecule has 0 spiro atoms. The van der Waals surface area contributed by atoms with Gasteiger partial charge in [-0.25, -0.2) is 4.39 Å². The first-order valence-electron chi connectivity index (χ1n) is 7.02. The van der Waals surface area contributed by atoms with Crippen LogP contribution in [0.4, 0.5) is 4.39 Å². The highest BCUT2D eigenvalue weighted by Crippen LogP contribution is 2.17. The van der Waals surface area contributed by atoms with Crippen LogP contribution in [0.2, 0.25) is 0 Å². The maximum absolute atomic E-state index is 12.8. The normalized spacial score (nSPS) is 17.7. The Morgan fingerprint density at radius 2 is 2.00 bits per heavy atom. The largest absolute Gasteiger partial charge is 0.381 e. The Labute approximate surface area is 118 Å². The Bertz CT molecular complexity index is 430. The Hall–Kier alpha value is -1.46. The Morgan fingerprint density at radius 3 is 2.65 bits per heavy atom. The van der Waals surface area contributed by atoms with Crippen molar-refractivity contribution in [1.82, 2.24) is 5.32 Å². The number of carbonyl (C=O) groups is 1. The molecule has 5 heteroatoms. The van der Waals surface area contributed by atoms with Crippen molar-refractivity contribution in [1.29, 1.82) is 0 Å². The van der Waals surface area contributed by atoms with Gasteiger partial charge in [-0.05, 0) is 42.9 Å². The van der Waals surface area contributed by atoms with E-state index in [0.717, 1.165) is 18.4 Å². The summed E-state index contributed by atoms with van der Waals surface area (Å²) in [6, 6.07) is 5.82. The van der Waals surface area contributed by atoms with E-state index < -0.39 is 6.04 Å². The highest BCUT2D eigenvalue weighted by Gasteiger charge is 2.26. The molecule has 1 unspecified atom stereocenters.